The second-order valence-corrected chi connectivity index (χ2v) is 5.56. The van der Waals surface area contributed by atoms with Crippen molar-refractivity contribution in [3.05, 3.63) is 47.5 Å². The second kappa shape index (κ2) is 7.73. The molecule has 5 heteroatoms. The van der Waals surface area contributed by atoms with Crippen LogP contribution in [0.15, 0.2) is 36.4 Å². The molecule has 1 N–H and O–H groups in total. The van der Waals surface area contributed by atoms with Crippen LogP contribution in [0.25, 0.3) is 0 Å². The number of hydrogen-bond acceptors (Lipinski definition) is 4. The van der Waals surface area contributed by atoms with Gasteiger partial charge in [0.15, 0.2) is 6.10 Å². The van der Waals surface area contributed by atoms with Crippen molar-refractivity contribution >= 4 is 11.6 Å². The molecule has 2 aromatic rings. The molecule has 0 saturated carbocycles. The number of ether oxygens (including phenoxy) is 3. The number of nitrogens with one attached hydrogen (secondary N) is 1. The van der Waals surface area contributed by atoms with E-state index in [9.17, 15) is 4.79 Å². The van der Waals surface area contributed by atoms with Crippen LogP contribution < -0.4 is 19.5 Å². The van der Waals surface area contributed by atoms with Crippen LogP contribution in [0.2, 0.25) is 0 Å². The highest BCUT2D eigenvalue weighted by molar-refractivity contribution is 5.95. The third-order valence-electron chi connectivity index (χ3n) is 3.83. The SMILES string of the molecule is COc1ccc(NC(=O)[C@@H](C)Oc2ccc(C)c(C)c2)c(OC)c1. The molecule has 0 saturated heterocycles. The zero-order valence-corrected chi connectivity index (χ0v) is 14.7. The molecule has 0 fully saturated rings. The van der Waals surface area contributed by atoms with E-state index in [-0.39, 0.29) is 5.91 Å². The predicted molar refractivity (Wildman–Crippen MR) is 94.2 cm³/mol. The standard InChI is InChI=1S/C19H23NO4/c1-12-6-7-16(10-13(12)2)24-14(3)19(21)20-17-9-8-15(22-4)11-18(17)23-5/h6-11,14H,1-5H3,(H,20,21)/t14-/m1/s1. The van der Waals surface area contributed by atoms with Gasteiger partial charge in [0.2, 0.25) is 0 Å². The van der Waals surface area contributed by atoms with E-state index in [1.54, 1.807) is 39.3 Å². The van der Waals surface area contributed by atoms with Gasteiger partial charge in [-0.15, -0.1) is 0 Å². The van der Waals surface area contributed by atoms with Crippen LogP contribution >= 0.6 is 0 Å². The molecule has 2 rings (SSSR count). The summed E-state index contributed by atoms with van der Waals surface area (Å²) in [6.07, 6.45) is -0.640. The fourth-order valence-corrected chi connectivity index (χ4v) is 2.18. The molecule has 5 nitrogen and oxygen atoms in total. The molecule has 0 heterocycles. The molecule has 1 atom stereocenters. The summed E-state index contributed by atoms with van der Waals surface area (Å²) in [4.78, 5) is 12.4. The average molecular weight is 329 g/mol. The van der Waals surface area contributed by atoms with Gasteiger partial charge < -0.3 is 19.5 Å². The lowest BCUT2D eigenvalue weighted by Gasteiger charge is -2.17. The minimum absolute atomic E-state index is 0.253. The molecule has 0 unspecified atom stereocenters. The molecule has 0 aliphatic rings. The van der Waals surface area contributed by atoms with Gasteiger partial charge in [-0.2, -0.15) is 0 Å². The van der Waals surface area contributed by atoms with Gasteiger partial charge in [-0.1, -0.05) is 6.07 Å². The van der Waals surface area contributed by atoms with Crippen LogP contribution in [0.5, 0.6) is 17.2 Å². The lowest BCUT2D eigenvalue weighted by Crippen LogP contribution is -2.30. The Labute approximate surface area is 142 Å². The van der Waals surface area contributed by atoms with E-state index < -0.39 is 6.10 Å². The van der Waals surface area contributed by atoms with Crippen LogP contribution in [-0.2, 0) is 4.79 Å². The zero-order chi connectivity index (χ0) is 17.7. The Morgan fingerprint density at radius 2 is 1.67 bits per heavy atom. The minimum atomic E-state index is -0.640. The molecule has 0 radical (unpaired) electrons. The van der Waals surface area contributed by atoms with Gasteiger partial charge in [0.25, 0.3) is 5.91 Å². The first-order chi connectivity index (χ1) is 11.4. The van der Waals surface area contributed by atoms with Gasteiger partial charge in [-0.3, -0.25) is 4.79 Å². The van der Waals surface area contributed by atoms with Crippen molar-refractivity contribution in [2.75, 3.05) is 19.5 Å². The van der Waals surface area contributed by atoms with Gasteiger partial charge in [0.1, 0.15) is 17.2 Å². The lowest BCUT2D eigenvalue weighted by molar-refractivity contribution is -0.122. The number of benzene rings is 2. The normalized spacial score (nSPS) is 11.5. The first kappa shape index (κ1) is 17.7. The molecule has 1 amide bonds. The number of carbonyl (C=O) groups is 1. The summed E-state index contributed by atoms with van der Waals surface area (Å²) in [5.74, 6) is 1.60. The van der Waals surface area contributed by atoms with Crippen molar-refractivity contribution in [3.63, 3.8) is 0 Å². The smallest absolute Gasteiger partial charge is 0.265 e. The number of anilines is 1. The molecule has 0 aliphatic carbocycles. The van der Waals surface area contributed by atoms with E-state index in [1.165, 1.54) is 5.56 Å². The third-order valence-corrected chi connectivity index (χ3v) is 3.83. The third kappa shape index (κ3) is 4.19. The van der Waals surface area contributed by atoms with Crippen molar-refractivity contribution < 1.29 is 19.0 Å². The fourth-order valence-electron chi connectivity index (χ4n) is 2.18. The summed E-state index contributed by atoms with van der Waals surface area (Å²) < 4.78 is 16.2. The van der Waals surface area contributed by atoms with Gasteiger partial charge in [-0.25, -0.2) is 0 Å². The summed E-state index contributed by atoms with van der Waals surface area (Å²) in [6, 6.07) is 11.0. The summed E-state index contributed by atoms with van der Waals surface area (Å²) in [7, 11) is 3.12. The zero-order valence-electron chi connectivity index (χ0n) is 14.7. The van der Waals surface area contributed by atoms with Crippen LogP contribution in [0.1, 0.15) is 18.1 Å². The Kier molecular flexibility index (Phi) is 5.68. The van der Waals surface area contributed by atoms with E-state index >= 15 is 0 Å². The maximum Gasteiger partial charge on any atom is 0.265 e. The van der Waals surface area contributed by atoms with Crippen molar-refractivity contribution in [2.24, 2.45) is 0 Å². The highest BCUT2D eigenvalue weighted by Crippen LogP contribution is 2.29. The minimum Gasteiger partial charge on any atom is -0.497 e. The van der Waals surface area contributed by atoms with E-state index in [0.29, 0.717) is 22.9 Å². The average Bonchev–Trinajstić information content (AvgIpc) is 2.58. The quantitative estimate of drug-likeness (QED) is 0.877. The van der Waals surface area contributed by atoms with E-state index in [2.05, 4.69) is 5.32 Å². The van der Waals surface area contributed by atoms with Crippen molar-refractivity contribution in [1.82, 2.24) is 0 Å². The second-order valence-electron chi connectivity index (χ2n) is 5.56. The molecular weight excluding hydrogens is 306 g/mol. The van der Waals surface area contributed by atoms with E-state index in [1.807, 2.05) is 32.0 Å². The maximum absolute atomic E-state index is 12.4. The van der Waals surface area contributed by atoms with Crippen molar-refractivity contribution in [3.8, 4) is 17.2 Å². The summed E-state index contributed by atoms with van der Waals surface area (Å²) in [5.41, 5.74) is 2.87. The number of amides is 1. The fraction of sp³-hybridized carbons (Fsp3) is 0.316. The van der Waals surface area contributed by atoms with Crippen LogP contribution in [0, 0.1) is 13.8 Å². The van der Waals surface area contributed by atoms with Crippen LogP contribution in [0.4, 0.5) is 5.69 Å². The molecule has 128 valence electrons. The lowest BCUT2D eigenvalue weighted by atomic mass is 10.1. The molecule has 2 aromatic carbocycles. The van der Waals surface area contributed by atoms with E-state index in [0.717, 1.165) is 5.56 Å². The number of rotatable bonds is 6. The monoisotopic (exact) mass is 329 g/mol. The summed E-state index contributed by atoms with van der Waals surface area (Å²) >= 11 is 0. The molecule has 0 spiro atoms. The topological polar surface area (TPSA) is 56.8 Å². The number of aryl methyl sites for hydroxylation is 2. The Bertz CT molecular complexity index is 727. The van der Waals surface area contributed by atoms with Crippen LogP contribution in [0.3, 0.4) is 0 Å². The summed E-state index contributed by atoms with van der Waals surface area (Å²) in [6.45, 7) is 5.75. The highest BCUT2D eigenvalue weighted by atomic mass is 16.5. The van der Waals surface area contributed by atoms with Crippen LogP contribution in [-0.4, -0.2) is 26.2 Å². The Hall–Kier alpha value is -2.69. The Balaban J connectivity index is 2.07. The maximum atomic E-state index is 12.4. The van der Waals surface area contributed by atoms with Crippen molar-refractivity contribution in [2.45, 2.75) is 26.9 Å². The number of hydrogen-bond donors (Lipinski definition) is 1. The Morgan fingerprint density at radius 3 is 2.29 bits per heavy atom. The first-order valence-corrected chi connectivity index (χ1v) is 7.71. The molecule has 0 bridgehead atoms. The van der Waals surface area contributed by atoms with Gasteiger partial charge in [0, 0.05) is 6.07 Å². The van der Waals surface area contributed by atoms with Gasteiger partial charge in [-0.05, 0) is 56.2 Å². The van der Waals surface area contributed by atoms with Gasteiger partial charge in [0.05, 0.1) is 19.9 Å². The summed E-state index contributed by atoms with van der Waals surface area (Å²) in [5, 5.41) is 2.81. The van der Waals surface area contributed by atoms with Gasteiger partial charge >= 0.3 is 0 Å². The Morgan fingerprint density at radius 1 is 0.958 bits per heavy atom. The van der Waals surface area contributed by atoms with E-state index in [4.69, 9.17) is 14.2 Å². The molecule has 24 heavy (non-hydrogen) atoms. The molecule has 0 aliphatic heterocycles. The molecule has 0 aromatic heterocycles. The predicted octanol–water partition coefficient (Wildman–Crippen LogP) is 3.73. The van der Waals surface area contributed by atoms with Crippen molar-refractivity contribution in [1.29, 1.82) is 0 Å². The first-order valence-electron chi connectivity index (χ1n) is 7.71. The molecular formula is C19H23NO4. The largest absolute Gasteiger partial charge is 0.497 e. The number of carbonyl (C=O) groups excluding carboxylic acids is 1. The highest BCUT2D eigenvalue weighted by Gasteiger charge is 2.17. The number of methoxy groups -OCH3 is 2.